The average molecular weight is 300 g/mol. The van der Waals surface area contributed by atoms with Gasteiger partial charge in [-0.15, -0.1) is 0 Å². The highest BCUT2D eigenvalue weighted by Crippen LogP contribution is 2.25. The van der Waals surface area contributed by atoms with Crippen molar-refractivity contribution in [1.29, 1.82) is 0 Å². The van der Waals surface area contributed by atoms with Crippen LogP contribution in [0.5, 0.6) is 0 Å². The van der Waals surface area contributed by atoms with Gasteiger partial charge in [0.05, 0.1) is 31.5 Å². The molecule has 1 saturated carbocycles. The lowest BCUT2D eigenvalue weighted by atomic mass is 9.89. The lowest BCUT2D eigenvalue weighted by Gasteiger charge is -2.30. The van der Waals surface area contributed by atoms with Gasteiger partial charge in [0.2, 0.25) is 0 Å². The first kappa shape index (κ1) is 17.2. The Bertz CT molecular complexity index is 283. The Morgan fingerprint density at radius 2 is 2.10 bits per heavy atom. The summed E-state index contributed by atoms with van der Waals surface area (Å²) in [4.78, 5) is 2.28. The molecule has 1 aliphatic carbocycles. The molecule has 0 aromatic rings. The van der Waals surface area contributed by atoms with E-state index in [0.29, 0.717) is 19.3 Å². The molecule has 0 bridgehead atoms. The van der Waals surface area contributed by atoms with Gasteiger partial charge in [-0.3, -0.25) is 0 Å². The molecule has 2 N–H and O–H groups in total. The standard InChI is InChI=1S/C16H32N2O3/c1-13-3-5-15(6-4-13)21-12-14(19)9-17-10-16-11-18(2)7-8-20-16/h13-17,19H,3-12H2,1-2H3. The molecule has 0 radical (unpaired) electrons. The van der Waals surface area contributed by atoms with E-state index in [1.165, 1.54) is 12.8 Å². The Morgan fingerprint density at radius 1 is 1.33 bits per heavy atom. The number of ether oxygens (including phenoxy) is 2. The fourth-order valence-corrected chi connectivity index (χ4v) is 3.10. The van der Waals surface area contributed by atoms with Crippen LogP contribution in [-0.4, -0.2) is 74.8 Å². The minimum absolute atomic E-state index is 0.233. The van der Waals surface area contributed by atoms with E-state index in [2.05, 4.69) is 24.2 Å². The zero-order valence-corrected chi connectivity index (χ0v) is 13.6. The maximum atomic E-state index is 9.97. The molecule has 124 valence electrons. The lowest BCUT2D eigenvalue weighted by molar-refractivity contribution is -0.0340. The third-order valence-corrected chi connectivity index (χ3v) is 4.58. The van der Waals surface area contributed by atoms with E-state index in [9.17, 15) is 5.11 Å². The maximum Gasteiger partial charge on any atom is 0.0897 e. The molecule has 1 heterocycles. The second kappa shape index (κ2) is 9.06. The fraction of sp³-hybridized carbons (Fsp3) is 1.00. The molecule has 1 aliphatic heterocycles. The van der Waals surface area contributed by atoms with Crippen molar-refractivity contribution in [2.24, 2.45) is 5.92 Å². The molecule has 2 aliphatic rings. The van der Waals surface area contributed by atoms with E-state index in [1.807, 2.05) is 0 Å². The Hall–Kier alpha value is -0.200. The average Bonchev–Trinajstić information content (AvgIpc) is 2.47. The van der Waals surface area contributed by atoms with Gasteiger partial charge in [0.15, 0.2) is 0 Å². The highest BCUT2D eigenvalue weighted by Gasteiger charge is 2.20. The molecule has 2 atom stereocenters. The predicted octanol–water partition coefficient (Wildman–Crippen LogP) is 0.863. The third kappa shape index (κ3) is 6.61. The minimum atomic E-state index is -0.425. The van der Waals surface area contributed by atoms with E-state index >= 15 is 0 Å². The van der Waals surface area contributed by atoms with Crippen molar-refractivity contribution >= 4 is 0 Å². The van der Waals surface area contributed by atoms with Crippen LogP contribution in [0.1, 0.15) is 32.6 Å². The molecular formula is C16H32N2O3. The summed E-state index contributed by atoms with van der Waals surface area (Å²) >= 11 is 0. The van der Waals surface area contributed by atoms with Gasteiger partial charge in [-0.05, 0) is 38.6 Å². The van der Waals surface area contributed by atoms with Gasteiger partial charge in [0.1, 0.15) is 0 Å². The van der Waals surface area contributed by atoms with Crippen LogP contribution in [0.2, 0.25) is 0 Å². The molecule has 0 amide bonds. The number of aliphatic hydroxyl groups is 1. The summed E-state index contributed by atoms with van der Waals surface area (Å²) in [5, 5.41) is 13.3. The van der Waals surface area contributed by atoms with Crippen molar-refractivity contribution in [2.75, 3.05) is 46.4 Å². The number of likely N-dealkylation sites (N-methyl/N-ethyl adjacent to an activating group) is 1. The van der Waals surface area contributed by atoms with Crippen molar-refractivity contribution in [1.82, 2.24) is 10.2 Å². The van der Waals surface area contributed by atoms with Crippen LogP contribution in [0.25, 0.3) is 0 Å². The highest BCUT2D eigenvalue weighted by molar-refractivity contribution is 4.73. The van der Waals surface area contributed by atoms with Gasteiger partial charge in [-0.25, -0.2) is 0 Å². The summed E-state index contributed by atoms with van der Waals surface area (Å²) in [5.41, 5.74) is 0. The topological polar surface area (TPSA) is 54.0 Å². The van der Waals surface area contributed by atoms with Crippen molar-refractivity contribution in [3.05, 3.63) is 0 Å². The van der Waals surface area contributed by atoms with Crippen molar-refractivity contribution in [3.63, 3.8) is 0 Å². The van der Waals surface area contributed by atoms with Gasteiger partial charge in [-0.2, -0.15) is 0 Å². The number of hydrogen-bond acceptors (Lipinski definition) is 5. The quantitative estimate of drug-likeness (QED) is 0.730. The monoisotopic (exact) mass is 300 g/mol. The molecule has 0 aromatic heterocycles. The maximum absolute atomic E-state index is 9.97. The zero-order valence-electron chi connectivity index (χ0n) is 13.6. The molecule has 0 aromatic carbocycles. The Kier molecular flexibility index (Phi) is 7.40. The van der Waals surface area contributed by atoms with Crippen LogP contribution >= 0.6 is 0 Å². The Morgan fingerprint density at radius 3 is 2.81 bits per heavy atom. The first-order valence-electron chi connectivity index (χ1n) is 8.44. The molecule has 5 heteroatoms. The Balaban J connectivity index is 1.50. The molecular weight excluding hydrogens is 268 g/mol. The van der Waals surface area contributed by atoms with Crippen molar-refractivity contribution < 1.29 is 14.6 Å². The highest BCUT2D eigenvalue weighted by atomic mass is 16.5. The molecule has 2 fully saturated rings. The molecule has 0 spiro atoms. The number of morpholine rings is 1. The molecule has 1 saturated heterocycles. The van der Waals surface area contributed by atoms with Crippen LogP contribution in [0, 0.1) is 5.92 Å². The zero-order chi connectivity index (χ0) is 15.1. The molecule has 2 unspecified atom stereocenters. The van der Waals surface area contributed by atoms with Gasteiger partial charge in [-0.1, -0.05) is 6.92 Å². The number of hydrogen-bond donors (Lipinski definition) is 2. The van der Waals surface area contributed by atoms with E-state index in [-0.39, 0.29) is 6.10 Å². The van der Waals surface area contributed by atoms with E-state index < -0.39 is 6.10 Å². The van der Waals surface area contributed by atoms with Gasteiger partial charge >= 0.3 is 0 Å². The van der Waals surface area contributed by atoms with Crippen LogP contribution in [0.4, 0.5) is 0 Å². The normalized spacial score (nSPS) is 33.0. The summed E-state index contributed by atoms with van der Waals surface area (Å²) in [6.07, 6.45) is 4.96. The third-order valence-electron chi connectivity index (χ3n) is 4.58. The van der Waals surface area contributed by atoms with Crippen molar-refractivity contribution in [3.8, 4) is 0 Å². The van der Waals surface area contributed by atoms with Crippen LogP contribution in [0.3, 0.4) is 0 Å². The lowest BCUT2D eigenvalue weighted by Crippen LogP contribution is -2.46. The van der Waals surface area contributed by atoms with Crippen LogP contribution < -0.4 is 5.32 Å². The summed E-state index contributed by atoms with van der Waals surface area (Å²) < 4.78 is 11.5. The molecule has 21 heavy (non-hydrogen) atoms. The van der Waals surface area contributed by atoms with Gasteiger partial charge in [0.25, 0.3) is 0 Å². The van der Waals surface area contributed by atoms with Gasteiger partial charge in [0, 0.05) is 26.2 Å². The molecule has 5 nitrogen and oxygen atoms in total. The minimum Gasteiger partial charge on any atom is -0.389 e. The first-order valence-corrected chi connectivity index (χ1v) is 8.44. The number of aliphatic hydroxyl groups excluding tert-OH is 1. The summed E-state index contributed by atoms with van der Waals surface area (Å²) in [6.45, 7) is 6.88. The van der Waals surface area contributed by atoms with E-state index in [0.717, 1.165) is 45.0 Å². The second-order valence-electron chi connectivity index (χ2n) is 6.78. The predicted molar refractivity (Wildman–Crippen MR) is 83.5 cm³/mol. The smallest absolute Gasteiger partial charge is 0.0897 e. The number of rotatable bonds is 7. The summed E-state index contributed by atoms with van der Waals surface area (Å²) in [7, 11) is 2.11. The number of nitrogens with one attached hydrogen (secondary N) is 1. The number of nitrogens with zero attached hydrogens (tertiary/aromatic N) is 1. The molecule has 2 rings (SSSR count). The van der Waals surface area contributed by atoms with E-state index in [1.54, 1.807) is 0 Å². The van der Waals surface area contributed by atoms with E-state index in [4.69, 9.17) is 9.47 Å². The first-order chi connectivity index (χ1) is 10.1. The summed E-state index contributed by atoms with van der Waals surface area (Å²) in [5.74, 6) is 0.838. The van der Waals surface area contributed by atoms with Crippen molar-refractivity contribution in [2.45, 2.75) is 50.9 Å². The van der Waals surface area contributed by atoms with Crippen LogP contribution in [-0.2, 0) is 9.47 Å². The largest absolute Gasteiger partial charge is 0.389 e. The Labute approximate surface area is 129 Å². The fourth-order valence-electron chi connectivity index (χ4n) is 3.10. The van der Waals surface area contributed by atoms with Crippen LogP contribution in [0.15, 0.2) is 0 Å². The summed E-state index contributed by atoms with van der Waals surface area (Å²) in [6, 6.07) is 0. The van der Waals surface area contributed by atoms with Gasteiger partial charge < -0.3 is 24.8 Å². The SMILES string of the molecule is CC1CCC(OCC(O)CNCC2CN(C)CCO2)CC1. The second-order valence-corrected chi connectivity index (χ2v) is 6.78.